The number of hydrogen-bond donors (Lipinski definition) is 1. The molecule has 0 saturated carbocycles. The molecule has 0 aliphatic rings. The largest absolute Gasteiger partial charge is 0.480 e. The lowest BCUT2D eigenvalue weighted by Crippen LogP contribution is -2.11. The molecule has 0 unspecified atom stereocenters. The molecule has 30 heavy (non-hydrogen) atoms. The van der Waals surface area contributed by atoms with Crippen LogP contribution in [0.1, 0.15) is 16.1 Å². The van der Waals surface area contributed by atoms with Crippen LogP contribution >= 0.6 is 11.8 Å². The fraction of sp³-hybridized carbons (Fsp3) is 0.0870. The van der Waals surface area contributed by atoms with Crippen LogP contribution in [-0.4, -0.2) is 23.0 Å². The third-order valence-electron chi connectivity index (χ3n) is 4.26. The molecule has 1 amide bonds. The monoisotopic (exact) mass is 417 g/mol. The summed E-state index contributed by atoms with van der Waals surface area (Å²) < 4.78 is 11.0. The highest BCUT2D eigenvalue weighted by molar-refractivity contribution is 7.98. The molecule has 0 aliphatic carbocycles. The number of methoxy groups -OCH3 is 1. The van der Waals surface area contributed by atoms with E-state index < -0.39 is 5.91 Å². The Labute approximate surface area is 178 Å². The summed E-state index contributed by atoms with van der Waals surface area (Å²) in [5, 5.41) is 2.81. The zero-order valence-corrected chi connectivity index (χ0v) is 17.1. The highest BCUT2D eigenvalue weighted by Gasteiger charge is 2.15. The number of nitrogens with one attached hydrogen (secondary N) is 1. The first-order valence-corrected chi connectivity index (χ1v) is 10.2. The van der Waals surface area contributed by atoms with E-state index in [4.69, 9.17) is 9.15 Å². The number of carbonyl (C=O) groups excluding carboxylic acids is 1. The lowest BCUT2D eigenvalue weighted by Gasteiger charge is -2.10. The van der Waals surface area contributed by atoms with E-state index in [1.807, 2.05) is 54.6 Å². The van der Waals surface area contributed by atoms with Gasteiger partial charge in [0.05, 0.1) is 30.1 Å². The lowest BCUT2D eigenvalue weighted by molar-refractivity contribution is 0.0997. The number of ether oxygens (including phenoxy) is 1. The third-order valence-corrected chi connectivity index (χ3v) is 5.34. The molecule has 0 fully saturated rings. The van der Waals surface area contributed by atoms with Gasteiger partial charge in [-0.3, -0.25) is 4.79 Å². The smallest absolute Gasteiger partial charge is 0.293 e. The molecular formula is C23H19N3O3S. The molecular weight excluding hydrogens is 398 g/mol. The average molecular weight is 417 g/mol. The van der Waals surface area contributed by atoms with Crippen LogP contribution in [0.25, 0.3) is 11.5 Å². The SMILES string of the molecule is COc1ncc(NC(=O)c2cnc(-c3ccccc3)o2)cc1SCc1ccccc1. The maximum Gasteiger partial charge on any atom is 0.293 e. The molecule has 150 valence electrons. The van der Waals surface area contributed by atoms with Crippen LogP contribution in [0.2, 0.25) is 0 Å². The zero-order valence-electron chi connectivity index (χ0n) is 16.2. The van der Waals surface area contributed by atoms with Crippen molar-refractivity contribution in [2.24, 2.45) is 0 Å². The van der Waals surface area contributed by atoms with Crippen molar-refractivity contribution in [1.82, 2.24) is 9.97 Å². The van der Waals surface area contributed by atoms with Gasteiger partial charge in [0, 0.05) is 11.3 Å². The Bertz CT molecular complexity index is 1130. The number of rotatable bonds is 7. The second kappa shape index (κ2) is 9.28. The summed E-state index contributed by atoms with van der Waals surface area (Å²) in [5.41, 5.74) is 2.55. The summed E-state index contributed by atoms with van der Waals surface area (Å²) in [6.07, 6.45) is 2.97. The number of hydrogen-bond acceptors (Lipinski definition) is 6. The van der Waals surface area contributed by atoms with Crippen LogP contribution in [0.15, 0.2) is 88.4 Å². The van der Waals surface area contributed by atoms with Gasteiger partial charge in [-0.2, -0.15) is 0 Å². The van der Waals surface area contributed by atoms with Crippen molar-refractivity contribution < 1.29 is 13.9 Å². The van der Waals surface area contributed by atoms with Crippen molar-refractivity contribution >= 4 is 23.4 Å². The Balaban J connectivity index is 1.47. The third kappa shape index (κ3) is 4.69. The maximum absolute atomic E-state index is 12.6. The summed E-state index contributed by atoms with van der Waals surface area (Å²) >= 11 is 1.59. The number of aromatic nitrogens is 2. The summed E-state index contributed by atoms with van der Waals surface area (Å²) in [4.78, 5) is 21.9. The van der Waals surface area contributed by atoms with Crippen molar-refractivity contribution in [3.63, 3.8) is 0 Å². The van der Waals surface area contributed by atoms with E-state index in [0.717, 1.165) is 16.2 Å². The number of oxazole rings is 1. The Morgan fingerprint density at radius 1 is 1.03 bits per heavy atom. The van der Waals surface area contributed by atoms with Crippen LogP contribution in [0.5, 0.6) is 5.88 Å². The van der Waals surface area contributed by atoms with Crippen molar-refractivity contribution in [2.45, 2.75) is 10.6 Å². The normalized spacial score (nSPS) is 10.6. The molecule has 0 atom stereocenters. The van der Waals surface area contributed by atoms with Crippen LogP contribution in [-0.2, 0) is 5.75 Å². The average Bonchev–Trinajstić information content (AvgIpc) is 3.30. The second-order valence-electron chi connectivity index (χ2n) is 6.36. The van der Waals surface area contributed by atoms with E-state index in [1.54, 1.807) is 25.1 Å². The molecule has 2 aromatic carbocycles. The predicted octanol–water partition coefficient (Wildman–Crippen LogP) is 5.29. The van der Waals surface area contributed by atoms with Gasteiger partial charge in [-0.1, -0.05) is 48.5 Å². The van der Waals surface area contributed by atoms with Gasteiger partial charge in [0.25, 0.3) is 5.91 Å². The molecule has 0 saturated heterocycles. The molecule has 2 heterocycles. The van der Waals surface area contributed by atoms with E-state index in [2.05, 4.69) is 27.4 Å². The van der Waals surface area contributed by atoms with Crippen LogP contribution in [0.3, 0.4) is 0 Å². The van der Waals surface area contributed by atoms with Gasteiger partial charge in [-0.05, 0) is 23.8 Å². The number of pyridine rings is 1. The van der Waals surface area contributed by atoms with Gasteiger partial charge in [0.2, 0.25) is 17.5 Å². The molecule has 7 heteroatoms. The minimum atomic E-state index is -0.393. The van der Waals surface area contributed by atoms with E-state index >= 15 is 0 Å². The standard InChI is InChI=1S/C23H19N3O3S/c1-28-23-20(30-15-16-8-4-2-5-9-16)12-18(13-24-23)26-21(27)19-14-25-22(29-19)17-10-6-3-7-11-17/h2-14H,15H2,1H3,(H,26,27). The number of benzene rings is 2. The maximum atomic E-state index is 12.6. The van der Waals surface area contributed by atoms with Crippen LogP contribution in [0.4, 0.5) is 5.69 Å². The quantitative estimate of drug-likeness (QED) is 0.412. The number of nitrogens with zero attached hydrogens (tertiary/aromatic N) is 2. The zero-order chi connectivity index (χ0) is 20.8. The van der Waals surface area contributed by atoms with Crippen LogP contribution in [0, 0.1) is 0 Å². The minimum Gasteiger partial charge on any atom is -0.480 e. The summed E-state index contributed by atoms with van der Waals surface area (Å²) in [7, 11) is 1.58. The van der Waals surface area contributed by atoms with E-state index in [1.165, 1.54) is 11.8 Å². The van der Waals surface area contributed by atoms with Crippen molar-refractivity contribution in [3.8, 4) is 17.3 Å². The molecule has 0 bridgehead atoms. The van der Waals surface area contributed by atoms with E-state index in [-0.39, 0.29) is 5.76 Å². The van der Waals surface area contributed by atoms with Crippen molar-refractivity contribution in [2.75, 3.05) is 12.4 Å². The molecule has 0 aliphatic heterocycles. The Morgan fingerprint density at radius 3 is 2.50 bits per heavy atom. The molecule has 1 N–H and O–H groups in total. The molecule has 6 nitrogen and oxygen atoms in total. The molecule has 4 rings (SSSR count). The first-order valence-electron chi connectivity index (χ1n) is 9.26. The van der Waals surface area contributed by atoms with Gasteiger partial charge in [0.1, 0.15) is 0 Å². The summed E-state index contributed by atoms with van der Waals surface area (Å²) in [6.45, 7) is 0. The molecule has 2 aromatic heterocycles. The van der Waals surface area contributed by atoms with Gasteiger partial charge < -0.3 is 14.5 Å². The van der Waals surface area contributed by atoms with Gasteiger partial charge in [0.15, 0.2) is 0 Å². The van der Waals surface area contributed by atoms with Crippen LogP contribution < -0.4 is 10.1 Å². The number of thioether (sulfide) groups is 1. The van der Waals surface area contributed by atoms with Crippen molar-refractivity contribution in [1.29, 1.82) is 0 Å². The Morgan fingerprint density at radius 2 is 1.77 bits per heavy atom. The first-order chi connectivity index (χ1) is 14.7. The van der Waals surface area contributed by atoms with Gasteiger partial charge in [-0.15, -0.1) is 11.8 Å². The fourth-order valence-electron chi connectivity index (χ4n) is 2.78. The highest BCUT2D eigenvalue weighted by Crippen LogP contribution is 2.32. The van der Waals surface area contributed by atoms with E-state index in [0.29, 0.717) is 17.5 Å². The summed E-state index contributed by atoms with van der Waals surface area (Å²) in [5.74, 6) is 1.41. The lowest BCUT2D eigenvalue weighted by atomic mass is 10.2. The topological polar surface area (TPSA) is 77.2 Å². The van der Waals surface area contributed by atoms with Gasteiger partial charge >= 0.3 is 0 Å². The minimum absolute atomic E-state index is 0.128. The fourth-order valence-corrected chi connectivity index (χ4v) is 3.76. The van der Waals surface area contributed by atoms with E-state index in [9.17, 15) is 4.79 Å². The Kier molecular flexibility index (Phi) is 6.10. The van der Waals surface area contributed by atoms with Crippen molar-refractivity contribution in [3.05, 3.63) is 90.4 Å². The number of carbonyl (C=O) groups is 1. The van der Waals surface area contributed by atoms with Gasteiger partial charge in [-0.25, -0.2) is 9.97 Å². The first kappa shape index (κ1) is 19.7. The number of anilines is 1. The number of amides is 1. The Hall–Kier alpha value is -3.58. The second-order valence-corrected chi connectivity index (χ2v) is 7.37. The summed E-state index contributed by atoms with van der Waals surface area (Å²) in [6, 6.07) is 21.4. The molecule has 4 aromatic rings. The molecule has 0 radical (unpaired) electrons. The highest BCUT2D eigenvalue weighted by atomic mass is 32.2. The predicted molar refractivity (Wildman–Crippen MR) is 117 cm³/mol. The molecule has 0 spiro atoms.